The summed E-state index contributed by atoms with van der Waals surface area (Å²) >= 11 is 0. The van der Waals surface area contributed by atoms with E-state index in [1.165, 1.54) is 38.5 Å². The van der Waals surface area contributed by atoms with Gasteiger partial charge in [0.25, 0.3) is 0 Å². The lowest BCUT2D eigenvalue weighted by atomic mass is 10.0. The lowest BCUT2D eigenvalue weighted by Crippen LogP contribution is -2.31. The predicted molar refractivity (Wildman–Crippen MR) is 84.0 cm³/mol. The van der Waals surface area contributed by atoms with Crippen molar-refractivity contribution in [1.82, 2.24) is 5.48 Å². The summed E-state index contributed by atoms with van der Waals surface area (Å²) in [5.74, 6) is 0.852. The molecule has 0 saturated heterocycles. The van der Waals surface area contributed by atoms with Crippen LogP contribution < -0.4 is 11.2 Å². The zero-order valence-electron chi connectivity index (χ0n) is 13.4. The summed E-state index contributed by atoms with van der Waals surface area (Å²) in [7, 11) is 0. The van der Waals surface area contributed by atoms with E-state index in [1.807, 2.05) is 0 Å². The van der Waals surface area contributed by atoms with Gasteiger partial charge >= 0.3 is 0 Å². The van der Waals surface area contributed by atoms with Gasteiger partial charge in [0.15, 0.2) is 0 Å². The average molecular weight is 272 g/mol. The van der Waals surface area contributed by atoms with Gasteiger partial charge in [-0.25, -0.2) is 0 Å². The molecule has 0 rings (SSSR count). The van der Waals surface area contributed by atoms with Crippen molar-refractivity contribution in [1.29, 1.82) is 0 Å². The van der Waals surface area contributed by atoms with E-state index < -0.39 is 0 Å². The first-order valence-electron chi connectivity index (χ1n) is 8.28. The van der Waals surface area contributed by atoms with Crippen LogP contribution in [0.15, 0.2) is 0 Å². The third-order valence-electron chi connectivity index (χ3n) is 3.43. The SMILES string of the molecule is CCCC(CCN)NOCCCCCCCC(C)C. The second-order valence-electron chi connectivity index (χ2n) is 5.98. The maximum Gasteiger partial charge on any atom is 0.0682 e. The van der Waals surface area contributed by atoms with Crippen molar-refractivity contribution in [2.24, 2.45) is 11.7 Å². The molecule has 0 bridgehead atoms. The molecule has 0 heterocycles. The molecule has 3 N–H and O–H groups in total. The molecular weight excluding hydrogens is 236 g/mol. The monoisotopic (exact) mass is 272 g/mol. The summed E-state index contributed by atoms with van der Waals surface area (Å²) in [5, 5.41) is 0. The Morgan fingerprint density at radius 3 is 2.26 bits per heavy atom. The quantitative estimate of drug-likeness (QED) is 0.371. The van der Waals surface area contributed by atoms with Crippen LogP contribution in [-0.4, -0.2) is 19.2 Å². The van der Waals surface area contributed by atoms with Crippen LogP contribution in [0.1, 0.15) is 78.6 Å². The van der Waals surface area contributed by atoms with E-state index in [4.69, 9.17) is 10.6 Å². The van der Waals surface area contributed by atoms with Crippen LogP contribution in [0.25, 0.3) is 0 Å². The van der Waals surface area contributed by atoms with Gasteiger partial charge < -0.3 is 10.6 Å². The average Bonchev–Trinajstić information content (AvgIpc) is 2.37. The molecule has 3 heteroatoms. The van der Waals surface area contributed by atoms with Crippen molar-refractivity contribution >= 4 is 0 Å². The van der Waals surface area contributed by atoms with E-state index in [9.17, 15) is 0 Å². The molecular formula is C16H36N2O. The Hall–Kier alpha value is -0.120. The predicted octanol–water partition coefficient (Wildman–Crippen LogP) is 4.02. The highest BCUT2D eigenvalue weighted by molar-refractivity contribution is 4.61. The molecule has 0 fully saturated rings. The zero-order valence-corrected chi connectivity index (χ0v) is 13.4. The number of nitrogens with two attached hydrogens (primary N) is 1. The van der Waals surface area contributed by atoms with Crippen molar-refractivity contribution < 1.29 is 4.84 Å². The molecule has 0 aliphatic rings. The molecule has 19 heavy (non-hydrogen) atoms. The van der Waals surface area contributed by atoms with Gasteiger partial charge in [-0.3, -0.25) is 0 Å². The number of unbranched alkanes of at least 4 members (excludes halogenated alkanes) is 4. The van der Waals surface area contributed by atoms with Crippen LogP contribution in [0.5, 0.6) is 0 Å². The largest absolute Gasteiger partial charge is 0.330 e. The van der Waals surface area contributed by atoms with Crippen molar-refractivity contribution in [3.8, 4) is 0 Å². The highest BCUT2D eigenvalue weighted by Gasteiger charge is 2.05. The molecule has 1 atom stereocenters. The first kappa shape index (κ1) is 18.9. The molecule has 0 aromatic carbocycles. The van der Waals surface area contributed by atoms with Crippen molar-refractivity contribution in [3.63, 3.8) is 0 Å². The van der Waals surface area contributed by atoms with Gasteiger partial charge in [-0.15, -0.1) is 0 Å². The number of hydrogen-bond donors (Lipinski definition) is 2. The van der Waals surface area contributed by atoms with Gasteiger partial charge in [-0.2, -0.15) is 5.48 Å². The standard InChI is InChI=1S/C16H36N2O/c1-4-10-16(12-13-17)18-19-14-9-7-5-6-8-11-15(2)3/h15-16,18H,4-14,17H2,1-3H3. The Kier molecular flexibility index (Phi) is 14.2. The minimum absolute atomic E-state index is 0.432. The molecule has 116 valence electrons. The Labute approximate surface area is 120 Å². The number of hydroxylamine groups is 1. The van der Waals surface area contributed by atoms with Gasteiger partial charge in [0.1, 0.15) is 0 Å². The molecule has 1 unspecified atom stereocenters. The van der Waals surface area contributed by atoms with E-state index >= 15 is 0 Å². The second kappa shape index (κ2) is 14.3. The maximum absolute atomic E-state index is 5.58. The maximum atomic E-state index is 5.58. The molecule has 0 aliphatic carbocycles. The first-order valence-corrected chi connectivity index (χ1v) is 8.28. The Balaban J connectivity index is 3.24. The number of hydrogen-bond acceptors (Lipinski definition) is 3. The van der Waals surface area contributed by atoms with Crippen molar-refractivity contribution in [2.75, 3.05) is 13.2 Å². The van der Waals surface area contributed by atoms with Crippen LogP contribution in [0.3, 0.4) is 0 Å². The molecule has 3 nitrogen and oxygen atoms in total. The Morgan fingerprint density at radius 1 is 0.947 bits per heavy atom. The highest BCUT2D eigenvalue weighted by Crippen LogP contribution is 2.10. The van der Waals surface area contributed by atoms with Gasteiger partial charge in [-0.05, 0) is 31.7 Å². The minimum atomic E-state index is 0.432. The van der Waals surface area contributed by atoms with E-state index in [2.05, 4.69) is 26.3 Å². The fourth-order valence-corrected chi connectivity index (χ4v) is 2.25. The molecule has 0 aromatic heterocycles. The van der Waals surface area contributed by atoms with Crippen LogP contribution in [0.4, 0.5) is 0 Å². The molecule has 0 aliphatic heterocycles. The van der Waals surface area contributed by atoms with E-state index in [1.54, 1.807) is 0 Å². The minimum Gasteiger partial charge on any atom is -0.330 e. The Morgan fingerprint density at radius 2 is 1.63 bits per heavy atom. The number of rotatable bonds is 14. The molecule has 0 radical (unpaired) electrons. The van der Waals surface area contributed by atoms with Crippen LogP contribution in [-0.2, 0) is 4.84 Å². The van der Waals surface area contributed by atoms with Crippen molar-refractivity contribution in [3.05, 3.63) is 0 Å². The fraction of sp³-hybridized carbons (Fsp3) is 1.00. The summed E-state index contributed by atoms with van der Waals surface area (Å²) in [6.45, 7) is 8.36. The van der Waals surface area contributed by atoms with Gasteiger partial charge in [0.05, 0.1) is 6.61 Å². The Bertz CT molecular complexity index is 168. The molecule has 0 saturated carbocycles. The normalized spacial score (nSPS) is 13.1. The lowest BCUT2D eigenvalue weighted by molar-refractivity contribution is 0.0102. The summed E-state index contributed by atoms with van der Waals surface area (Å²) < 4.78 is 0. The smallest absolute Gasteiger partial charge is 0.0682 e. The van der Waals surface area contributed by atoms with E-state index in [0.717, 1.165) is 38.3 Å². The third kappa shape index (κ3) is 14.1. The highest BCUT2D eigenvalue weighted by atomic mass is 16.6. The van der Waals surface area contributed by atoms with Crippen LogP contribution in [0.2, 0.25) is 0 Å². The summed E-state index contributed by atoms with van der Waals surface area (Å²) in [4.78, 5) is 5.54. The summed E-state index contributed by atoms with van der Waals surface area (Å²) in [6.07, 6.45) is 11.2. The second-order valence-corrected chi connectivity index (χ2v) is 5.98. The molecule has 0 spiro atoms. The zero-order chi connectivity index (χ0) is 14.3. The fourth-order valence-electron chi connectivity index (χ4n) is 2.25. The van der Waals surface area contributed by atoms with Crippen molar-refractivity contribution in [2.45, 2.75) is 84.6 Å². The van der Waals surface area contributed by atoms with Crippen LogP contribution >= 0.6 is 0 Å². The first-order chi connectivity index (χ1) is 9.20. The van der Waals surface area contributed by atoms with E-state index in [0.29, 0.717) is 6.04 Å². The van der Waals surface area contributed by atoms with Gasteiger partial charge in [0.2, 0.25) is 0 Å². The summed E-state index contributed by atoms with van der Waals surface area (Å²) in [5.41, 5.74) is 8.74. The lowest BCUT2D eigenvalue weighted by Gasteiger charge is -2.16. The number of nitrogens with one attached hydrogen (secondary N) is 1. The molecule has 0 aromatic rings. The molecule has 0 amide bonds. The topological polar surface area (TPSA) is 47.3 Å². The van der Waals surface area contributed by atoms with Gasteiger partial charge in [-0.1, -0.05) is 59.3 Å². The van der Waals surface area contributed by atoms with Gasteiger partial charge in [0, 0.05) is 6.04 Å². The van der Waals surface area contributed by atoms with E-state index in [-0.39, 0.29) is 0 Å². The third-order valence-corrected chi connectivity index (χ3v) is 3.43. The van der Waals surface area contributed by atoms with Crippen LogP contribution in [0, 0.1) is 5.92 Å². The summed E-state index contributed by atoms with van der Waals surface area (Å²) in [6, 6.07) is 0.432.